The quantitative estimate of drug-likeness (QED) is 0.814. The van der Waals surface area contributed by atoms with Crippen LogP contribution in [0.3, 0.4) is 0 Å². The predicted octanol–water partition coefficient (Wildman–Crippen LogP) is 2.24. The molecule has 1 heterocycles. The average Bonchev–Trinajstić information content (AvgIpc) is 2.59. The lowest BCUT2D eigenvalue weighted by molar-refractivity contribution is 0.415. The summed E-state index contributed by atoms with van der Waals surface area (Å²) in [6.07, 6.45) is 0. The first kappa shape index (κ1) is 9.58. The Hall–Kier alpha value is -1.97. The number of ether oxygens (including phenoxy) is 1. The predicted molar refractivity (Wildman–Crippen MR) is 57.6 cm³/mol. The van der Waals surface area contributed by atoms with E-state index in [1.807, 2.05) is 31.2 Å². The first-order chi connectivity index (χ1) is 7.22. The average molecular weight is 204 g/mol. The molecule has 2 N–H and O–H groups in total. The van der Waals surface area contributed by atoms with Crippen LogP contribution in [-0.4, -0.2) is 12.3 Å². The maximum absolute atomic E-state index is 5.68. The SMILES string of the molecule is COc1ccc(-c2c(C)noc2N)cc1. The van der Waals surface area contributed by atoms with E-state index in [9.17, 15) is 0 Å². The van der Waals surface area contributed by atoms with Crippen LogP contribution >= 0.6 is 0 Å². The third kappa shape index (κ3) is 1.66. The minimum Gasteiger partial charge on any atom is -0.497 e. The number of nitrogen functional groups attached to an aromatic ring is 1. The number of nitrogens with zero attached hydrogens (tertiary/aromatic N) is 1. The van der Waals surface area contributed by atoms with Gasteiger partial charge in [0.15, 0.2) is 0 Å². The van der Waals surface area contributed by atoms with Crippen molar-refractivity contribution in [3.63, 3.8) is 0 Å². The molecule has 0 aliphatic heterocycles. The molecule has 0 fully saturated rings. The van der Waals surface area contributed by atoms with Gasteiger partial charge in [-0.1, -0.05) is 17.3 Å². The van der Waals surface area contributed by atoms with Crippen LogP contribution in [0.25, 0.3) is 11.1 Å². The Kier molecular flexibility index (Phi) is 2.33. The van der Waals surface area contributed by atoms with Crippen LogP contribution in [0.4, 0.5) is 5.88 Å². The summed E-state index contributed by atoms with van der Waals surface area (Å²) in [5.41, 5.74) is 8.30. The lowest BCUT2D eigenvalue weighted by Crippen LogP contribution is -1.87. The summed E-state index contributed by atoms with van der Waals surface area (Å²) in [7, 11) is 1.63. The number of methoxy groups -OCH3 is 1. The summed E-state index contributed by atoms with van der Waals surface area (Å²) in [6, 6.07) is 7.60. The summed E-state index contributed by atoms with van der Waals surface area (Å²) >= 11 is 0. The van der Waals surface area contributed by atoms with Gasteiger partial charge in [-0.2, -0.15) is 0 Å². The molecule has 2 aromatic rings. The lowest BCUT2D eigenvalue weighted by Gasteiger charge is -2.02. The molecule has 1 aromatic heterocycles. The number of hydrogen-bond acceptors (Lipinski definition) is 4. The van der Waals surface area contributed by atoms with Crippen molar-refractivity contribution in [2.75, 3.05) is 12.8 Å². The molecule has 4 heteroatoms. The standard InChI is InChI=1S/C11H12N2O2/c1-7-10(11(12)15-13-7)8-3-5-9(14-2)6-4-8/h3-6H,12H2,1-2H3. The Bertz CT molecular complexity index is 440. The summed E-state index contributed by atoms with van der Waals surface area (Å²) < 4.78 is 9.98. The van der Waals surface area contributed by atoms with E-state index in [2.05, 4.69) is 5.16 Å². The van der Waals surface area contributed by atoms with Gasteiger partial charge in [-0.15, -0.1) is 0 Å². The van der Waals surface area contributed by atoms with Crippen molar-refractivity contribution in [3.05, 3.63) is 30.0 Å². The van der Waals surface area contributed by atoms with E-state index in [-0.39, 0.29) is 0 Å². The number of rotatable bonds is 2. The zero-order chi connectivity index (χ0) is 10.8. The maximum atomic E-state index is 5.68. The number of anilines is 1. The number of nitrogens with two attached hydrogens (primary N) is 1. The first-order valence-electron chi connectivity index (χ1n) is 4.58. The first-order valence-corrected chi connectivity index (χ1v) is 4.58. The molecule has 0 saturated heterocycles. The van der Waals surface area contributed by atoms with E-state index in [1.165, 1.54) is 0 Å². The molecule has 0 aliphatic carbocycles. The number of hydrogen-bond donors (Lipinski definition) is 1. The minimum atomic E-state index is 0.345. The lowest BCUT2D eigenvalue weighted by atomic mass is 10.1. The monoisotopic (exact) mass is 204 g/mol. The summed E-state index contributed by atoms with van der Waals surface area (Å²) in [6.45, 7) is 1.86. The normalized spacial score (nSPS) is 10.3. The molecule has 0 atom stereocenters. The maximum Gasteiger partial charge on any atom is 0.230 e. The largest absolute Gasteiger partial charge is 0.497 e. The fraction of sp³-hybridized carbons (Fsp3) is 0.182. The zero-order valence-electron chi connectivity index (χ0n) is 8.65. The Labute approximate surface area is 87.6 Å². The van der Waals surface area contributed by atoms with Gasteiger partial charge in [-0.3, -0.25) is 0 Å². The van der Waals surface area contributed by atoms with E-state index in [1.54, 1.807) is 7.11 Å². The van der Waals surface area contributed by atoms with E-state index in [0.717, 1.165) is 22.6 Å². The van der Waals surface area contributed by atoms with Gasteiger partial charge in [0, 0.05) is 0 Å². The van der Waals surface area contributed by atoms with Gasteiger partial charge in [0.2, 0.25) is 5.88 Å². The molecular formula is C11H12N2O2. The molecule has 78 valence electrons. The van der Waals surface area contributed by atoms with Gasteiger partial charge in [0.05, 0.1) is 18.4 Å². The Morgan fingerprint density at radius 3 is 2.40 bits per heavy atom. The van der Waals surface area contributed by atoms with Crippen molar-refractivity contribution in [2.45, 2.75) is 6.92 Å². The molecule has 0 spiro atoms. The van der Waals surface area contributed by atoms with Gasteiger partial charge in [-0.05, 0) is 24.6 Å². The molecule has 0 aliphatic rings. The molecule has 15 heavy (non-hydrogen) atoms. The molecule has 0 radical (unpaired) electrons. The Morgan fingerprint density at radius 1 is 1.27 bits per heavy atom. The van der Waals surface area contributed by atoms with Gasteiger partial charge < -0.3 is 15.0 Å². The van der Waals surface area contributed by atoms with Crippen LogP contribution in [0.5, 0.6) is 5.75 Å². The molecule has 0 bridgehead atoms. The van der Waals surface area contributed by atoms with Gasteiger partial charge in [0.25, 0.3) is 0 Å². The van der Waals surface area contributed by atoms with Crippen molar-refractivity contribution in [3.8, 4) is 16.9 Å². The van der Waals surface area contributed by atoms with Gasteiger partial charge in [-0.25, -0.2) is 0 Å². The molecule has 2 rings (SSSR count). The highest BCUT2D eigenvalue weighted by Crippen LogP contribution is 2.30. The zero-order valence-corrected chi connectivity index (χ0v) is 8.65. The highest BCUT2D eigenvalue weighted by Gasteiger charge is 2.11. The summed E-state index contributed by atoms with van der Waals surface area (Å²) in [5.74, 6) is 1.16. The topological polar surface area (TPSA) is 61.3 Å². The third-order valence-electron chi connectivity index (χ3n) is 2.27. The second-order valence-electron chi connectivity index (χ2n) is 3.24. The van der Waals surface area contributed by atoms with Crippen molar-refractivity contribution in [1.82, 2.24) is 5.16 Å². The number of aryl methyl sites for hydroxylation is 1. The summed E-state index contributed by atoms with van der Waals surface area (Å²) in [5, 5.41) is 3.80. The van der Waals surface area contributed by atoms with Crippen LogP contribution < -0.4 is 10.5 Å². The minimum absolute atomic E-state index is 0.345. The third-order valence-corrected chi connectivity index (χ3v) is 2.27. The molecule has 0 saturated carbocycles. The fourth-order valence-electron chi connectivity index (χ4n) is 1.50. The van der Waals surface area contributed by atoms with Gasteiger partial charge in [0.1, 0.15) is 5.75 Å². The second kappa shape index (κ2) is 3.65. The second-order valence-corrected chi connectivity index (χ2v) is 3.24. The van der Waals surface area contributed by atoms with Crippen molar-refractivity contribution in [2.24, 2.45) is 0 Å². The number of aromatic nitrogens is 1. The van der Waals surface area contributed by atoms with Crippen LogP contribution in [0.2, 0.25) is 0 Å². The smallest absolute Gasteiger partial charge is 0.230 e. The highest BCUT2D eigenvalue weighted by molar-refractivity contribution is 5.75. The van der Waals surface area contributed by atoms with Gasteiger partial charge >= 0.3 is 0 Å². The van der Waals surface area contributed by atoms with Crippen LogP contribution in [0.15, 0.2) is 28.8 Å². The molecular weight excluding hydrogens is 192 g/mol. The van der Waals surface area contributed by atoms with Crippen molar-refractivity contribution >= 4 is 5.88 Å². The number of benzene rings is 1. The van der Waals surface area contributed by atoms with E-state index >= 15 is 0 Å². The van der Waals surface area contributed by atoms with Crippen LogP contribution in [0, 0.1) is 6.92 Å². The van der Waals surface area contributed by atoms with Crippen LogP contribution in [0.1, 0.15) is 5.69 Å². The van der Waals surface area contributed by atoms with E-state index < -0.39 is 0 Å². The van der Waals surface area contributed by atoms with Crippen LogP contribution in [-0.2, 0) is 0 Å². The molecule has 4 nitrogen and oxygen atoms in total. The highest BCUT2D eigenvalue weighted by atomic mass is 16.5. The van der Waals surface area contributed by atoms with Crippen molar-refractivity contribution in [1.29, 1.82) is 0 Å². The van der Waals surface area contributed by atoms with E-state index in [4.69, 9.17) is 15.0 Å². The molecule has 0 unspecified atom stereocenters. The molecule has 1 aromatic carbocycles. The van der Waals surface area contributed by atoms with Crippen molar-refractivity contribution < 1.29 is 9.26 Å². The Morgan fingerprint density at radius 2 is 1.93 bits per heavy atom. The van der Waals surface area contributed by atoms with E-state index in [0.29, 0.717) is 5.88 Å². The molecule has 0 amide bonds. The fourth-order valence-corrected chi connectivity index (χ4v) is 1.50. The summed E-state index contributed by atoms with van der Waals surface area (Å²) in [4.78, 5) is 0. The Balaban J connectivity index is 2.45.